The SMILES string of the molecule is C=C/C=C(/C)C=C.CC.Cc1ccc(CCc2cc[n+](O)cc2)cc1. The molecule has 0 saturated heterocycles. The van der Waals surface area contributed by atoms with Gasteiger partial charge in [-0.05, 0) is 37.8 Å². The molecule has 1 aromatic heterocycles. The van der Waals surface area contributed by atoms with Crippen LogP contribution >= 0.6 is 0 Å². The minimum atomic E-state index is 1.00. The number of allylic oxidation sites excluding steroid dienone is 4. The maximum atomic E-state index is 9.09. The molecule has 0 spiro atoms. The van der Waals surface area contributed by atoms with Gasteiger partial charge in [-0.1, -0.05) is 80.6 Å². The summed E-state index contributed by atoms with van der Waals surface area (Å²) < 4.78 is 1.06. The summed E-state index contributed by atoms with van der Waals surface area (Å²) in [7, 11) is 0. The van der Waals surface area contributed by atoms with Crippen LogP contribution in [0.2, 0.25) is 0 Å². The Morgan fingerprint density at radius 2 is 1.44 bits per heavy atom. The average molecular weight is 339 g/mol. The molecule has 134 valence electrons. The second-order valence-corrected chi connectivity index (χ2v) is 5.42. The largest absolute Gasteiger partial charge is 0.285 e. The predicted octanol–water partition coefficient (Wildman–Crippen LogP) is 5.64. The van der Waals surface area contributed by atoms with Gasteiger partial charge in [0.05, 0.1) is 0 Å². The molecule has 0 radical (unpaired) electrons. The van der Waals surface area contributed by atoms with E-state index in [0.717, 1.165) is 23.1 Å². The van der Waals surface area contributed by atoms with Crippen molar-refractivity contribution in [3.8, 4) is 0 Å². The fraction of sp³-hybridized carbons (Fsp3) is 0.261. The molecular weight excluding hydrogens is 306 g/mol. The van der Waals surface area contributed by atoms with Crippen molar-refractivity contribution in [3.63, 3.8) is 0 Å². The molecule has 0 atom stereocenters. The van der Waals surface area contributed by atoms with Gasteiger partial charge in [0.15, 0.2) is 0 Å². The summed E-state index contributed by atoms with van der Waals surface area (Å²) in [6.45, 7) is 15.2. The predicted molar refractivity (Wildman–Crippen MR) is 108 cm³/mol. The molecule has 0 aliphatic rings. The van der Waals surface area contributed by atoms with E-state index >= 15 is 0 Å². The van der Waals surface area contributed by atoms with Gasteiger partial charge >= 0.3 is 0 Å². The van der Waals surface area contributed by atoms with Crippen molar-refractivity contribution in [2.75, 3.05) is 0 Å². The van der Waals surface area contributed by atoms with Crippen LogP contribution in [0.1, 0.15) is 37.5 Å². The maximum Gasteiger partial charge on any atom is 0.222 e. The van der Waals surface area contributed by atoms with E-state index in [1.165, 1.54) is 16.7 Å². The first kappa shape index (κ1) is 22.4. The highest BCUT2D eigenvalue weighted by molar-refractivity contribution is 5.22. The van der Waals surface area contributed by atoms with Crippen molar-refractivity contribution in [3.05, 3.63) is 102 Å². The summed E-state index contributed by atoms with van der Waals surface area (Å²) in [6.07, 6.45) is 10.8. The van der Waals surface area contributed by atoms with Gasteiger partial charge in [-0.2, -0.15) is 0 Å². The van der Waals surface area contributed by atoms with Gasteiger partial charge in [-0.25, -0.2) is 0 Å². The van der Waals surface area contributed by atoms with E-state index in [2.05, 4.69) is 44.3 Å². The van der Waals surface area contributed by atoms with Gasteiger partial charge < -0.3 is 0 Å². The zero-order valence-corrected chi connectivity index (χ0v) is 16.1. The minimum absolute atomic E-state index is 1.00. The molecule has 0 aliphatic heterocycles. The summed E-state index contributed by atoms with van der Waals surface area (Å²) in [4.78, 5) is 0. The van der Waals surface area contributed by atoms with E-state index in [9.17, 15) is 0 Å². The Balaban J connectivity index is 0.000000544. The first-order valence-corrected chi connectivity index (χ1v) is 8.72. The lowest BCUT2D eigenvalue weighted by molar-refractivity contribution is -0.904. The molecule has 2 aromatic rings. The molecule has 0 bridgehead atoms. The molecule has 1 aromatic carbocycles. The van der Waals surface area contributed by atoms with Crippen LogP contribution in [0, 0.1) is 6.92 Å². The quantitative estimate of drug-likeness (QED) is 0.426. The maximum absolute atomic E-state index is 9.09. The van der Waals surface area contributed by atoms with Gasteiger partial charge in [-0.15, -0.1) is 0 Å². The first-order chi connectivity index (χ1) is 12.0. The highest BCUT2D eigenvalue weighted by atomic mass is 16.5. The highest BCUT2D eigenvalue weighted by Crippen LogP contribution is 2.07. The molecular formula is C23H32NO+. The molecule has 0 saturated carbocycles. The summed E-state index contributed by atoms with van der Waals surface area (Å²) in [5, 5.41) is 9.09. The zero-order chi connectivity index (χ0) is 19.1. The van der Waals surface area contributed by atoms with E-state index in [4.69, 9.17) is 5.21 Å². The second-order valence-electron chi connectivity index (χ2n) is 5.42. The molecule has 0 amide bonds. The fourth-order valence-electron chi connectivity index (χ4n) is 1.91. The van der Waals surface area contributed by atoms with Crippen LogP contribution in [0.3, 0.4) is 0 Å². The normalized spacial score (nSPS) is 9.84. The van der Waals surface area contributed by atoms with E-state index in [-0.39, 0.29) is 0 Å². The topological polar surface area (TPSA) is 24.1 Å². The van der Waals surface area contributed by atoms with E-state index in [1.807, 2.05) is 39.0 Å². The van der Waals surface area contributed by atoms with Gasteiger partial charge in [0.25, 0.3) is 0 Å². The molecule has 0 fully saturated rings. The second kappa shape index (κ2) is 13.8. The van der Waals surface area contributed by atoms with E-state index < -0.39 is 0 Å². The Kier molecular flexibility index (Phi) is 12.4. The smallest absolute Gasteiger partial charge is 0.222 e. The Hall–Kier alpha value is -2.61. The number of hydrogen-bond donors (Lipinski definition) is 1. The summed E-state index contributed by atoms with van der Waals surface area (Å²) in [5.74, 6) is 0. The third-order valence-electron chi connectivity index (χ3n) is 3.41. The number of aryl methyl sites for hydroxylation is 3. The van der Waals surface area contributed by atoms with Crippen molar-refractivity contribution in [2.45, 2.75) is 40.5 Å². The van der Waals surface area contributed by atoms with Crippen molar-refractivity contribution in [1.29, 1.82) is 0 Å². The summed E-state index contributed by atoms with van der Waals surface area (Å²) >= 11 is 0. The van der Waals surface area contributed by atoms with Crippen LogP contribution in [0.25, 0.3) is 0 Å². The first-order valence-electron chi connectivity index (χ1n) is 8.72. The summed E-state index contributed by atoms with van der Waals surface area (Å²) in [5.41, 5.74) is 5.04. The molecule has 2 nitrogen and oxygen atoms in total. The molecule has 0 aliphatic carbocycles. The number of rotatable bonds is 5. The van der Waals surface area contributed by atoms with Crippen LogP contribution in [0.15, 0.2) is 85.8 Å². The van der Waals surface area contributed by atoms with Crippen LogP contribution in [0.4, 0.5) is 0 Å². The molecule has 25 heavy (non-hydrogen) atoms. The monoisotopic (exact) mass is 338 g/mol. The van der Waals surface area contributed by atoms with Crippen LogP contribution < -0.4 is 4.73 Å². The molecule has 2 heteroatoms. The van der Waals surface area contributed by atoms with Gasteiger partial charge in [0.2, 0.25) is 12.4 Å². The minimum Gasteiger partial charge on any atom is -0.285 e. The lowest BCUT2D eigenvalue weighted by atomic mass is 10.0. The molecule has 1 N–H and O–H groups in total. The number of hydrogen-bond acceptors (Lipinski definition) is 1. The fourth-order valence-corrected chi connectivity index (χ4v) is 1.91. The Labute approximate surface area is 153 Å². The third kappa shape index (κ3) is 10.7. The molecule has 1 heterocycles. The van der Waals surface area contributed by atoms with Crippen LogP contribution in [-0.4, -0.2) is 5.21 Å². The van der Waals surface area contributed by atoms with E-state index in [1.54, 1.807) is 24.5 Å². The lowest BCUT2D eigenvalue weighted by Crippen LogP contribution is -2.28. The van der Waals surface area contributed by atoms with Crippen LogP contribution in [0.5, 0.6) is 0 Å². The highest BCUT2D eigenvalue weighted by Gasteiger charge is 1.99. The van der Waals surface area contributed by atoms with Crippen LogP contribution in [-0.2, 0) is 12.8 Å². The van der Waals surface area contributed by atoms with Gasteiger partial charge in [0, 0.05) is 16.9 Å². The van der Waals surface area contributed by atoms with Crippen molar-refractivity contribution >= 4 is 0 Å². The Morgan fingerprint density at radius 3 is 1.84 bits per heavy atom. The number of pyridine rings is 1. The van der Waals surface area contributed by atoms with Gasteiger partial charge in [0.1, 0.15) is 0 Å². The van der Waals surface area contributed by atoms with Crippen molar-refractivity contribution in [1.82, 2.24) is 0 Å². The van der Waals surface area contributed by atoms with Crippen molar-refractivity contribution in [2.24, 2.45) is 0 Å². The lowest BCUT2D eigenvalue weighted by Gasteiger charge is -2.01. The zero-order valence-electron chi connectivity index (χ0n) is 16.1. The molecule has 2 rings (SSSR count). The van der Waals surface area contributed by atoms with E-state index in [0.29, 0.717) is 0 Å². The van der Waals surface area contributed by atoms with Gasteiger partial charge in [-0.3, -0.25) is 5.21 Å². The number of benzene rings is 1. The number of nitrogens with zero attached hydrogens (tertiary/aromatic N) is 1. The number of aromatic nitrogens is 1. The third-order valence-corrected chi connectivity index (χ3v) is 3.41. The summed E-state index contributed by atoms with van der Waals surface area (Å²) in [6, 6.07) is 12.5. The molecule has 0 unspecified atom stereocenters. The standard InChI is InChI=1S/C14H16NO.C7H10.C2H6/c1-12-2-4-13(5-3-12)6-7-14-8-10-15(16)11-9-14;1-4-6-7(3)5-2;1-2/h2-5,8-11,16H,6-7H2,1H3;4-6H,1-2H2,3H3;1-2H3/q+1;;/b;7-6-;. The Bertz CT molecular complexity index is 591. The average Bonchev–Trinajstić information content (AvgIpc) is 2.65. The Morgan fingerprint density at radius 1 is 0.960 bits per heavy atom. The van der Waals surface area contributed by atoms with Crippen molar-refractivity contribution < 1.29 is 9.94 Å².